The number of carbonyl (C=O) groups is 1. The minimum absolute atomic E-state index is 0. The molecule has 2 fully saturated rings. The number of nitrogens with one attached hydrogen (secondary N) is 1. The van der Waals surface area contributed by atoms with Crippen LogP contribution in [0.1, 0.15) is 26.2 Å². The Balaban J connectivity index is 0.00000144. The van der Waals surface area contributed by atoms with Gasteiger partial charge in [0, 0.05) is 45.3 Å². The quantitative estimate of drug-likeness (QED) is 0.809. The largest absolute Gasteiger partial charge is 0.381 e. The van der Waals surface area contributed by atoms with Gasteiger partial charge >= 0.3 is 0 Å². The van der Waals surface area contributed by atoms with Gasteiger partial charge in [0.05, 0.1) is 0 Å². The lowest BCUT2D eigenvalue weighted by atomic mass is 9.95. The lowest BCUT2D eigenvalue weighted by Crippen LogP contribution is -2.52. The second kappa shape index (κ2) is 7.19. The van der Waals surface area contributed by atoms with Crippen LogP contribution < -0.4 is 5.32 Å². The fraction of sp³-hybridized carbons (Fsp3) is 0.917. The van der Waals surface area contributed by atoms with E-state index >= 15 is 0 Å². The first kappa shape index (κ1) is 14.7. The van der Waals surface area contributed by atoms with Gasteiger partial charge in [0.15, 0.2) is 0 Å². The highest BCUT2D eigenvalue weighted by Gasteiger charge is 2.25. The van der Waals surface area contributed by atoms with Crippen LogP contribution in [0.5, 0.6) is 0 Å². The van der Waals surface area contributed by atoms with Gasteiger partial charge in [-0.1, -0.05) is 0 Å². The molecule has 0 aromatic heterocycles. The number of nitrogens with zero attached hydrogens (tertiary/aromatic N) is 1. The maximum atomic E-state index is 12.1. The number of ether oxygens (including phenoxy) is 1. The molecule has 17 heavy (non-hydrogen) atoms. The van der Waals surface area contributed by atoms with Gasteiger partial charge in [0.25, 0.3) is 0 Å². The van der Waals surface area contributed by atoms with Crippen molar-refractivity contribution < 1.29 is 9.53 Å². The van der Waals surface area contributed by atoms with Gasteiger partial charge in [-0.05, 0) is 25.7 Å². The van der Waals surface area contributed by atoms with Crippen LogP contribution in [0.3, 0.4) is 0 Å². The summed E-state index contributed by atoms with van der Waals surface area (Å²) in [5.74, 6) is 0.879. The van der Waals surface area contributed by atoms with Crippen molar-refractivity contribution in [1.29, 1.82) is 0 Å². The standard InChI is InChI=1S/C12H22N2O2.ClH/c1-10-9-13-4-5-14(10)12(15)8-11-2-6-16-7-3-11;/h10-11,13H,2-9H2,1H3;1H. The third-order valence-corrected chi connectivity index (χ3v) is 3.63. The van der Waals surface area contributed by atoms with E-state index in [4.69, 9.17) is 4.74 Å². The Morgan fingerprint density at radius 2 is 2.12 bits per heavy atom. The number of amides is 1. The molecule has 0 aromatic rings. The van der Waals surface area contributed by atoms with Crippen LogP contribution in [0.25, 0.3) is 0 Å². The first-order valence-corrected chi connectivity index (χ1v) is 6.35. The maximum Gasteiger partial charge on any atom is 0.223 e. The summed E-state index contributed by atoms with van der Waals surface area (Å²) < 4.78 is 5.31. The Bertz CT molecular complexity index is 245. The van der Waals surface area contributed by atoms with Gasteiger partial charge in [0.2, 0.25) is 5.91 Å². The molecular weight excluding hydrogens is 240 g/mol. The minimum Gasteiger partial charge on any atom is -0.381 e. The molecule has 4 nitrogen and oxygen atoms in total. The van der Waals surface area contributed by atoms with Gasteiger partial charge in [0.1, 0.15) is 0 Å². The number of piperazine rings is 1. The molecule has 1 atom stereocenters. The molecule has 0 radical (unpaired) electrons. The second-order valence-electron chi connectivity index (χ2n) is 4.90. The third kappa shape index (κ3) is 4.12. The maximum absolute atomic E-state index is 12.1. The van der Waals surface area contributed by atoms with Gasteiger partial charge in [-0.25, -0.2) is 0 Å². The minimum atomic E-state index is 0. The predicted molar refractivity (Wildman–Crippen MR) is 69.5 cm³/mol. The number of halogens is 1. The Morgan fingerprint density at radius 1 is 1.41 bits per heavy atom. The van der Waals surface area contributed by atoms with Crippen LogP contribution in [0.2, 0.25) is 0 Å². The zero-order valence-electron chi connectivity index (χ0n) is 10.5. The molecule has 100 valence electrons. The highest BCUT2D eigenvalue weighted by molar-refractivity contribution is 5.85. The van der Waals surface area contributed by atoms with E-state index in [9.17, 15) is 4.79 Å². The molecule has 0 aliphatic carbocycles. The van der Waals surface area contributed by atoms with Crippen molar-refractivity contribution in [3.8, 4) is 0 Å². The molecule has 2 rings (SSSR count). The van der Waals surface area contributed by atoms with Gasteiger partial charge < -0.3 is 15.0 Å². The van der Waals surface area contributed by atoms with Crippen molar-refractivity contribution in [3.63, 3.8) is 0 Å². The first-order valence-electron chi connectivity index (χ1n) is 6.35. The van der Waals surface area contributed by atoms with Crippen LogP contribution in [0.4, 0.5) is 0 Å². The third-order valence-electron chi connectivity index (χ3n) is 3.63. The Kier molecular flexibility index (Phi) is 6.23. The van der Waals surface area contributed by atoms with Crippen molar-refractivity contribution >= 4 is 18.3 Å². The second-order valence-corrected chi connectivity index (χ2v) is 4.90. The van der Waals surface area contributed by atoms with Crippen molar-refractivity contribution in [2.75, 3.05) is 32.8 Å². The van der Waals surface area contributed by atoms with E-state index in [1.807, 2.05) is 4.90 Å². The smallest absolute Gasteiger partial charge is 0.223 e. The van der Waals surface area contributed by atoms with Crippen molar-refractivity contribution in [3.05, 3.63) is 0 Å². The SMILES string of the molecule is CC1CNCCN1C(=O)CC1CCOCC1.Cl. The summed E-state index contributed by atoms with van der Waals surface area (Å²) in [6.07, 6.45) is 2.81. The van der Waals surface area contributed by atoms with Crippen LogP contribution in [0, 0.1) is 5.92 Å². The summed E-state index contributed by atoms with van der Waals surface area (Å²) in [5, 5.41) is 3.31. The fourth-order valence-electron chi connectivity index (χ4n) is 2.53. The molecule has 2 saturated heterocycles. The molecule has 1 amide bonds. The van der Waals surface area contributed by atoms with Crippen LogP contribution in [-0.2, 0) is 9.53 Å². The van der Waals surface area contributed by atoms with E-state index in [0.717, 1.165) is 45.7 Å². The van der Waals surface area contributed by atoms with E-state index in [1.54, 1.807) is 0 Å². The van der Waals surface area contributed by atoms with E-state index in [1.165, 1.54) is 0 Å². The topological polar surface area (TPSA) is 41.6 Å². The number of rotatable bonds is 2. The molecule has 0 spiro atoms. The van der Waals surface area contributed by atoms with Crippen LogP contribution in [-0.4, -0.2) is 49.7 Å². The van der Waals surface area contributed by atoms with Crippen LogP contribution >= 0.6 is 12.4 Å². The number of hydrogen-bond donors (Lipinski definition) is 1. The monoisotopic (exact) mass is 262 g/mol. The molecule has 1 unspecified atom stereocenters. The summed E-state index contributed by atoms with van der Waals surface area (Å²) in [4.78, 5) is 14.2. The highest BCUT2D eigenvalue weighted by atomic mass is 35.5. The molecule has 2 aliphatic heterocycles. The Morgan fingerprint density at radius 3 is 2.76 bits per heavy atom. The van der Waals surface area contributed by atoms with Gasteiger partial charge in [-0.2, -0.15) is 0 Å². The Labute approximate surface area is 109 Å². The molecule has 5 heteroatoms. The summed E-state index contributed by atoms with van der Waals surface area (Å²) in [7, 11) is 0. The van der Waals surface area contributed by atoms with Crippen molar-refractivity contribution in [2.45, 2.75) is 32.2 Å². The van der Waals surface area contributed by atoms with E-state index in [2.05, 4.69) is 12.2 Å². The lowest BCUT2D eigenvalue weighted by Gasteiger charge is -2.35. The lowest BCUT2D eigenvalue weighted by molar-refractivity contribution is -0.135. The number of hydrogen-bond acceptors (Lipinski definition) is 3. The van der Waals surface area contributed by atoms with Gasteiger partial charge in [-0.3, -0.25) is 4.79 Å². The van der Waals surface area contributed by atoms with E-state index < -0.39 is 0 Å². The summed E-state index contributed by atoms with van der Waals surface area (Å²) in [6.45, 7) is 6.50. The molecule has 0 saturated carbocycles. The molecule has 0 bridgehead atoms. The fourth-order valence-corrected chi connectivity index (χ4v) is 2.53. The molecule has 1 N–H and O–H groups in total. The van der Waals surface area contributed by atoms with E-state index in [-0.39, 0.29) is 12.4 Å². The predicted octanol–water partition coefficient (Wildman–Crippen LogP) is 1.05. The summed E-state index contributed by atoms with van der Waals surface area (Å²) in [6, 6.07) is 0.348. The Hall–Kier alpha value is -0.320. The molecule has 2 heterocycles. The molecule has 2 aliphatic rings. The first-order chi connectivity index (χ1) is 7.77. The van der Waals surface area contributed by atoms with E-state index in [0.29, 0.717) is 24.3 Å². The normalized spacial score (nSPS) is 26.4. The van der Waals surface area contributed by atoms with Crippen molar-refractivity contribution in [2.24, 2.45) is 5.92 Å². The van der Waals surface area contributed by atoms with Crippen molar-refractivity contribution in [1.82, 2.24) is 10.2 Å². The molecule has 0 aromatic carbocycles. The average molecular weight is 263 g/mol. The number of carbonyl (C=O) groups excluding carboxylic acids is 1. The highest BCUT2D eigenvalue weighted by Crippen LogP contribution is 2.20. The molecular formula is C12H23ClN2O2. The average Bonchev–Trinajstić information content (AvgIpc) is 2.31. The van der Waals surface area contributed by atoms with Crippen LogP contribution in [0.15, 0.2) is 0 Å². The summed E-state index contributed by atoms with van der Waals surface area (Å²) in [5.41, 5.74) is 0. The zero-order valence-corrected chi connectivity index (χ0v) is 11.3. The van der Waals surface area contributed by atoms with Gasteiger partial charge in [-0.15, -0.1) is 12.4 Å². The summed E-state index contributed by atoms with van der Waals surface area (Å²) >= 11 is 0. The zero-order chi connectivity index (χ0) is 11.4.